The molecule has 3 fully saturated rings. The van der Waals surface area contributed by atoms with Crippen LogP contribution in [0.4, 0.5) is 14.9 Å². The number of carbonyl (C=O) groups excluding carboxylic acids is 3. The van der Waals surface area contributed by atoms with E-state index in [0.29, 0.717) is 67.0 Å². The van der Waals surface area contributed by atoms with E-state index in [9.17, 15) is 29.1 Å². The maximum absolute atomic E-state index is 15.1. The summed E-state index contributed by atoms with van der Waals surface area (Å²) in [6.45, 7) is 10.8. The van der Waals surface area contributed by atoms with Crippen LogP contribution in [0.2, 0.25) is 0 Å². The Morgan fingerprint density at radius 2 is 1.60 bits per heavy atom. The van der Waals surface area contributed by atoms with Crippen molar-refractivity contribution in [1.82, 2.24) is 40.1 Å². The van der Waals surface area contributed by atoms with Gasteiger partial charge >= 0.3 is 12.1 Å². The number of benzene rings is 2. The van der Waals surface area contributed by atoms with Crippen LogP contribution in [-0.4, -0.2) is 141 Å². The van der Waals surface area contributed by atoms with Gasteiger partial charge in [-0.1, -0.05) is 24.3 Å². The lowest BCUT2D eigenvalue weighted by Crippen LogP contribution is -2.55. The first kappa shape index (κ1) is 42.3. The van der Waals surface area contributed by atoms with Crippen LogP contribution in [0.25, 0.3) is 10.8 Å². The summed E-state index contributed by atoms with van der Waals surface area (Å²) in [6, 6.07) is 14.7. The lowest BCUT2D eigenvalue weighted by Gasteiger charge is -2.43. The summed E-state index contributed by atoms with van der Waals surface area (Å²) in [5.74, 6) is -2.15. The molecule has 318 valence electrons. The number of ether oxygens (including phenoxy) is 1. The number of pyridine rings is 1. The normalized spacial score (nSPS) is 17.7. The zero-order valence-corrected chi connectivity index (χ0v) is 34.2. The van der Waals surface area contributed by atoms with Crippen molar-refractivity contribution in [2.45, 2.75) is 51.7 Å². The van der Waals surface area contributed by atoms with Crippen LogP contribution in [0, 0.1) is 11.7 Å². The third-order valence-corrected chi connectivity index (χ3v) is 11.4. The van der Waals surface area contributed by atoms with Gasteiger partial charge in [0.1, 0.15) is 11.4 Å². The molecule has 5 heterocycles. The number of aromatic nitrogens is 3. The molecule has 0 aliphatic carbocycles. The van der Waals surface area contributed by atoms with Crippen molar-refractivity contribution in [3.63, 3.8) is 0 Å². The SMILES string of the molecule is CC(C)(C)OC(=O)Nc1ccc(C(C2CCNCC2)N2CCN(CC(=O)N3CCN(C(=O)c4cc(Cc5n[nH]c(=O)c6ccccc56)ccc4F)CC3)CC2)nc1C(=O)O. The second-order valence-electron chi connectivity index (χ2n) is 16.6. The molecule has 0 spiro atoms. The van der Waals surface area contributed by atoms with E-state index in [0.717, 1.165) is 25.9 Å². The molecule has 2 aromatic heterocycles. The summed E-state index contributed by atoms with van der Waals surface area (Å²) in [6.07, 6.45) is 1.31. The van der Waals surface area contributed by atoms with Gasteiger partial charge in [-0.05, 0) is 88.5 Å². The number of amides is 3. The summed E-state index contributed by atoms with van der Waals surface area (Å²) >= 11 is 0. The molecule has 3 amide bonds. The van der Waals surface area contributed by atoms with Gasteiger partial charge in [-0.3, -0.25) is 29.5 Å². The number of fused-ring (bicyclic) bond motifs is 1. The molecular weight excluding hydrogens is 774 g/mol. The Morgan fingerprint density at radius 3 is 2.28 bits per heavy atom. The molecule has 17 heteroatoms. The van der Waals surface area contributed by atoms with E-state index in [2.05, 4.69) is 35.6 Å². The Balaban J connectivity index is 0.944. The highest BCUT2D eigenvalue weighted by Crippen LogP contribution is 2.35. The molecule has 3 aliphatic rings. The molecule has 0 saturated carbocycles. The second kappa shape index (κ2) is 18.2. The molecule has 4 N–H and O–H groups in total. The minimum Gasteiger partial charge on any atom is -0.476 e. The Morgan fingerprint density at radius 1 is 0.917 bits per heavy atom. The lowest BCUT2D eigenvalue weighted by molar-refractivity contribution is -0.134. The van der Waals surface area contributed by atoms with Gasteiger partial charge in [0.2, 0.25) is 5.91 Å². The third kappa shape index (κ3) is 9.97. The number of carboxylic acid groups (broad SMARTS) is 1. The van der Waals surface area contributed by atoms with Crippen LogP contribution in [-0.2, 0) is 16.0 Å². The van der Waals surface area contributed by atoms with Gasteiger partial charge in [-0.15, -0.1) is 0 Å². The minimum absolute atomic E-state index is 0.0416. The van der Waals surface area contributed by atoms with Crippen molar-refractivity contribution in [1.29, 1.82) is 0 Å². The number of aromatic carboxylic acids is 1. The standard InChI is InChI=1S/C43H52FN9O7/c1-43(2,3)60-42(59)47-33-10-11-34(46-37(33)41(57)58)38(28-12-14-45-15-13-28)52-18-16-50(17-19-52)26-36(54)51-20-22-53(23-21-51)40(56)31-24-27(8-9-32(31)44)25-35-29-6-4-5-7-30(29)39(55)49-48-35/h4-11,24,28,38,45H,12-23,25-26H2,1-3H3,(H,47,59)(H,49,55)(H,57,58). The Bertz CT molecular complexity index is 2290. The third-order valence-electron chi connectivity index (χ3n) is 11.4. The number of aromatic amines is 1. The molecule has 0 bridgehead atoms. The van der Waals surface area contributed by atoms with Gasteiger partial charge in [-0.25, -0.2) is 24.1 Å². The van der Waals surface area contributed by atoms with Gasteiger partial charge < -0.3 is 25.0 Å². The molecule has 60 heavy (non-hydrogen) atoms. The van der Waals surface area contributed by atoms with Gasteiger partial charge in [0.25, 0.3) is 11.5 Å². The van der Waals surface area contributed by atoms with Gasteiger partial charge in [0.15, 0.2) is 5.69 Å². The molecule has 3 saturated heterocycles. The summed E-state index contributed by atoms with van der Waals surface area (Å²) in [5, 5.41) is 24.0. The molecule has 2 aromatic carbocycles. The molecule has 4 aromatic rings. The maximum atomic E-state index is 15.1. The number of halogens is 1. The lowest BCUT2D eigenvalue weighted by atomic mass is 9.86. The number of H-pyrrole nitrogens is 1. The van der Waals surface area contributed by atoms with Gasteiger partial charge in [0.05, 0.1) is 40.6 Å². The maximum Gasteiger partial charge on any atom is 0.412 e. The zero-order valence-electron chi connectivity index (χ0n) is 34.2. The van der Waals surface area contributed by atoms with Crippen molar-refractivity contribution >= 4 is 40.3 Å². The highest BCUT2D eigenvalue weighted by molar-refractivity contribution is 5.97. The number of anilines is 1. The number of carboxylic acids is 1. The highest BCUT2D eigenvalue weighted by atomic mass is 19.1. The van der Waals surface area contributed by atoms with Crippen molar-refractivity contribution in [3.05, 3.63) is 99.0 Å². The Labute approximate surface area is 347 Å². The fourth-order valence-electron chi connectivity index (χ4n) is 8.37. The Hall–Kier alpha value is -5.78. The summed E-state index contributed by atoms with van der Waals surface area (Å²) < 4.78 is 20.4. The summed E-state index contributed by atoms with van der Waals surface area (Å²) in [4.78, 5) is 76.6. The van der Waals surface area contributed by atoms with E-state index >= 15 is 4.39 Å². The van der Waals surface area contributed by atoms with Crippen LogP contribution in [0.1, 0.15) is 77.5 Å². The van der Waals surface area contributed by atoms with Crippen molar-refractivity contribution in [3.8, 4) is 0 Å². The number of piperidine rings is 1. The minimum atomic E-state index is -1.26. The van der Waals surface area contributed by atoms with E-state index in [4.69, 9.17) is 4.74 Å². The van der Waals surface area contributed by atoms with Gasteiger partial charge in [0, 0.05) is 64.2 Å². The Kier molecular flexibility index (Phi) is 12.9. The van der Waals surface area contributed by atoms with Crippen LogP contribution in [0.15, 0.2) is 59.4 Å². The predicted octanol–water partition coefficient (Wildman–Crippen LogP) is 3.74. The van der Waals surface area contributed by atoms with E-state index in [1.165, 1.54) is 12.1 Å². The molecular formula is C43H52FN9O7. The van der Waals surface area contributed by atoms with Crippen LogP contribution in [0.3, 0.4) is 0 Å². The zero-order chi connectivity index (χ0) is 42.6. The fraction of sp³-hybridized carbons (Fsp3) is 0.465. The largest absolute Gasteiger partial charge is 0.476 e. The van der Waals surface area contributed by atoms with E-state index in [-0.39, 0.29) is 66.4 Å². The van der Waals surface area contributed by atoms with E-state index in [1.54, 1.807) is 60.9 Å². The van der Waals surface area contributed by atoms with Crippen molar-refractivity contribution in [2.24, 2.45) is 5.92 Å². The molecule has 0 radical (unpaired) electrons. The van der Waals surface area contributed by atoms with Gasteiger partial charge in [-0.2, -0.15) is 5.10 Å². The molecule has 3 aliphatic heterocycles. The first-order chi connectivity index (χ1) is 28.7. The number of hydrogen-bond acceptors (Lipinski definition) is 11. The number of carbonyl (C=O) groups is 4. The van der Waals surface area contributed by atoms with Crippen molar-refractivity contribution in [2.75, 3.05) is 77.3 Å². The topological polar surface area (TPSA) is 193 Å². The average Bonchev–Trinajstić information content (AvgIpc) is 3.23. The van der Waals surface area contributed by atoms with Crippen LogP contribution < -0.4 is 16.2 Å². The van der Waals surface area contributed by atoms with Crippen LogP contribution >= 0.6 is 0 Å². The first-order valence-electron chi connectivity index (χ1n) is 20.5. The highest BCUT2D eigenvalue weighted by Gasteiger charge is 2.35. The smallest absolute Gasteiger partial charge is 0.412 e. The molecule has 1 atom stereocenters. The number of hydrogen-bond donors (Lipinski definition) is 4. The number of nitrogens with one attached hydrogen (secondary N) is 3. The quantitative estimate of drug-likeness (QED) is 0.181. The van der Waals surface area contributed by atoms with Crippen LogP contribution in [0.5, 0.6) is 0 Å². The number of piperazine rings is 2. The van der Waals surface area contributed by atoms with Crippen molar-refractivity contribution < 1.29 is 33.4 Å². The molecule has 1 unspecified atom stereocenters. The predicted molar refractivity (Wildman–Crippen MR) is 221 cm³/mol. The molecule has 7 rings (SSSR count). The number of nitrogens with zero attached hydrogens (tertiary/aromatic N) is 6. The fourth-order valence-corrected chi connectivity index (χ4v) is 8.37. The van der Waals surface area contributed by atoms with E-state index in [1.807, 2.05) is 12.1 Å². The number of rotatable bonds is 10. The average molecular weight is 826 g/mol. The first-order valence-corrected chi connectivity index (χ1v) is 20.5. The molecule has 16 nitrogen and oxygen atoms in total. The summed E-state index contributed by atoms with van der Waals surface area (Å²) in [7, 11) is 0. The monoisotopic (exact) mass is 825 g/mol. The second-order valence-corrected chi connectivity index (χ2v) is 16.6. The van der Waals surface area contributed by atoms with E-state index < -0.39 is 29.4 Å². The summed E-state index contributed by atoms with van der Waals surface area (Å²) in [5.41, 5.74) is 0.603.